The Kier molecular flexibility index (Phi) is 7.11. The van der Waals surface area contributed by atoms with Crippen LogP contribution in [-0.4, -0.2) is 37.3 Å². The van der Waals surface area contributed by atoms with Crippen LogP contribution in [0.5, 0.6) is 0 Å². The molecule has 0 saturated carbocycles. The zero-order chi connectivity index (χ0) is 23.0. The van der Waals surface area contributed by atoms with Crippen molar-refractivity contribution in [3.63, 3.8) is 0 Å². The van der Waals surface area contributed by atoms with Gasteiger partial charge in [0.1, 0.15) is 0 Å². The van der Waals surface area contributed by atoms with Gasteiger partial charge in [0, 0.05) is 41.4 Å². The lowest BCUT2D eigenvalue weighted by Gasteiger charge is -2.09. The van der Waals surface area contributed by atoms with E-state index < -0.39 is 0 Å². The highest BCUT2D eigenvalue weighted by Crippen LogP contribution is 2.24. The number of aromatic nitrogens is 4. The molecule has 0 saturated heterocycles. The number of pyridine rings is 1. The van der Waals surface area contributed by atoms with Gasteiger partial charge in [-0.15, -0.1) is 10.2 Å². The van der Waals surface area contributed by atoms with Gasteiger partial charge in [-0.05, 0) is 49.4 Å². The first-order valence-electron chi connectivity index (χ1n) is 10.4. The van der Waals surface area contributed by atoms with Crippen LogP contribution in [0.3, 0.4) is 0 Å². The predicted molar refractivity (Wildman–Crippen MR) is 129 cm³/mol. The summed E-state index contributed by atoms with van der Waals surface area (Å²) in [6.07, 6.45) is 3.42. The number of carbonyl (C=O) groups is 2. The molecule has 9 heteroatoms. The Morgan fingerprint density at radius 1 is 0.909 bits per heavy atom. The van der Waals surface area contributed by atoms with Crippen LogP contribution in [0.1, 0.15) is 17.3 Å². The predicted octanol–water partition coefficient (Wildman–Crippen LogP) is 4.34. The normalized spacial score (nSPS) is 10.6. The summed E-state index contributed by atoms with van der Waals surface area (Å²) in [5.74, 6) is 0.528. The first kappa shape index (κ1) is 22.2. The minimum Gasteiger partial charge on any atom is -0.325 e. The summed E-state index contributed by atoms with van der Waals surface area (Å²) >= 11 is 1.32. The highest BCUT2D eigenvalue weighted by Gasteiger charge is 2.15. The molecule has 33 heavy (non-hydrogen) atoms. The summed E-state index contributed by atoms with van der Waals surface area (Å²) in [6.45, 7) is 2.69. The number of nitrogens with zero attached hydrogens (tertiary/aromatic N) is 4. The molecule has 0 atom stereocenters. The van der Waals surface area contributed by atoms with E-state index in [1.54, 1.807) is 48.8 Å². The largest absolute Gasteiger partial charge is 0.325 e. The zero-order valence-electron chi connectivity index (χ0n) is 17.9. The van der Waals surface area contributed by atoms with E-state index in [4.69, 9.17) is 0 Å². The van der Waals surface area contributed by atoms with Crippen LogP contribution in [0.25, 0.3) is 11.4 Å². The average molecular weight is 459 g/mol. The molecule has 2 amide bonds. The van der Waals surface area contributed by atoms with Gasteiger partial charge < -0.3 is 15.2 Å². The van der Waals surface area contributed by atoms with E-state index in [1.165, 1.54) is 11.8 Å². The van der Waals surface area contributed by atoms with Crippen molar-refractivity contribution >= 4 is 35.0 Å². The molecular weight excluding hydrogens is 436 g/mol. The molecule has 0 radical (unpaired) electrons. The molecule has 0 unspecified atom stereocenters. The van der Waals surface area contributed by atoms with Gasteiger partial charge in [-0.1, -0.05) is 36.0 Å². The van der Waals surface area contributed by atoms with E-state index >= 15 is 0 Å². The van der Waals surface area contributed by atoms with Crippen LogP contribution >= 0.6 is 11.8 Å². The maximum atomic E-state index is 12.5. The van der Waals surface area contributed by atoms with E-state index in [1.807, 2.05) is 41.8 Å². The molecule has 2 aromatic heterocycles. The standard InChI is InChI=1S/C24H22N6O2S/c1-2-30-22(17-11-13-25-14-12-17)28-29-24(30)33-16-21(31)26-19-9-6-10-20(15-19)27-23(32)18-7-4-3-5-8-18/h3-15H,2,16H2,1H3,(H,26,31)(H,27,32). The van der Waals surface area contributed by atoms with Gasteiger partial charge in [-0.25, -0.2) is 0 Å². The Morgan fingerprint density at radius 3 is 2.36 bits per heavy atom. The number of nitrogens with one attached hydrogen (secondary N) is 2. The van der Waals surface area contributed by atoms with Gasteiger partial charge >= 0.3 is 0 Å². The molecule has 4 aromatic rings. The summed E-state index contributed by atoms with van der Waals surface area (Å²) in [5.41, 5.74) is 2.68. The number of anilines is 2. The van der Waals surface area contributed by atoms with Crippen molar-refractivity contribution in [3.8, 4) is 11.4 Å². The Bertz CT molecular complexity index is 1240. The van der Waals surface area contributed by atoms with Gasteiger partial charge in [0.2, 0.25) is 5.91 Å². The van der Waals surface area contributed by atoms with Crippen LogP contribution in [0, 0.1) is 0 Å². The van der Waals surface area contributed by atoms with E-state index in [0.717, 1.165) is 11.4 Å². The lowest BCUT2D eigenvalue weighted by molar-refractivity contribution is -0.113. The molecule has 0 aliphatic heterocycles. The number of benzene rings is 2. The van der Waals surface area contributed by atoms with Crippen LogP contribution < -0.4 is 10.6 Å². The molecule has 8 nitrogen and oxygen atoms in total. The van der Waals surface area contributed by atoms with Crippen LogP contribution in [0.2, 0.25) is 0 Å². The Morgan fingerprint density at radius 2 is 1.64 bits per heavy atom. The summed E-state index contributed by atoms with van der Waals surface area (Å²) in [5, 5.41) is 14.9. The maximum Gasteiger partial charge on any atom is 0.255 e. The fourth-order valence-electron chi connectivity index (χ4n) is 3.19. The minimum atomic E-state index is -0.210. The SMILES string of the molecule is CCn1c(SCC(=O)Nc2cccc(NC(=O)c3ccccc3)c2)nnc1-c1ccncc1. The van der Waals surface area contributed by atoms with E-state index in [9.17, 15) is 9.59 Å². The number of rotatable bonds is 8. The Labute approximate surface area is 195 Å². The van der Waals surface area contributed by atoms with Crippen LogP contribution in [0.4, 0.5) is 11.4 Å². The van der Waals surface area contributed by atoms with Crippen LogP contribution in [-0.2, 0) is 11.3 Å². The number of thioether (sulfide) groups is 1. The third-order valence-electron chi connectivity index (χ3n) is 4.74. The highest BCUT2D eigenvalue weighted by molar-refractivity contribution is 7.99. The van der Waals surface area contributed by atoms with Crippen molar-refractivity contribution in [2.45, 2.75) is 18.6 Å². The molecule has 4 rings (SSSR count). The van der Waals surface area contributed by atoms with Crippen molar-refractivity contribution in [3.05, 3.63) is 84.7 Å². The fourth-order valence-corrected chi connectivity index (χ4v) is 3.99. The smallest absolute Gasteiger partial charge is 0.255 e. The van der Waals surface area contributed by atoms with Gasteiger partial charge in [-0.3, -0.25) is 14.6 Å². The fraction of sp³-hybridized carbons (Fsp3) is 0.125. The third-order valence-corrected chi connectivity index (χ3v) is 5.71. The molecule has 2 N–H and O–H groups in total. The van der Waals surface area contributed by atoms with E-state index in [-0.39, 0.29) is 17.6 Å². The molecule has 2 heterocycles. The number of hydrogen-bond donors (Lipinski definition) is 2. The molecule has 0 fully saturated rings. The van der Waals surface area contributed by atoms with Gasteiger partial charge in [-0.2, -0.15) is 0 Å². The first-order chi connectivity index (χ1) is 16.1. The van der Waals surface area contributed by atoms with Crippen molar-refractivity contribution < 1.29 is 9.59 Å². The van der Waals surface area contributed by atoms with Gasteiger partial charge in [0.05, 0.1) is 5.75 Å². The van der Waals surface area contributed by atoms with Crippen LogP contribution in [0.15, 0.2) is 84.3 Å². The quantitative estimate of drug-likeness (QED) is 0.381. The molecule has 166 valence electrons. The highest BCUT2D eigenvalue weighted by atomic mass is 32.2. The maximum absolute atomic E-state index is 12.5. The number of hydrogen-bond acceptors (Lipinski definition) is 6. The molecule has 0 aliphatic rings. The Hall–Kier alpha value is -3.98. The lowest BCUT2D eigenvalue weighted by atomic mass is 10.2. The van der Waals surface area contributed by atoms with Gasteiger partial charge in [0.25, 0.3) is 5.91 Å². The number of amides is 2. The van der Waals surface area contributed by atoms with Gasteiger partial charge in [0.15, 0.2) is 11.0 Å². The molecule has 0 bridgehead atoms. The second-order valence-electron chi connectivity index (χ2n) is 7.02. The van der Waals surface area contributed by atoms with E-state index in [0.29, 0.717) is 28.6 Å². The van der Waals surface area contributed by atoms with E-state index in [2.05, 4.69) is 25.8 Å². The summed E-state index contributed by atoms with van der Waals surface area (Å²) < 4.78 is 1.97. The average Bonchev–Trinajstić information content (AvgIpc) is 3.27. The van der Waals surface area contributed by atoms with Crippen molar-refractivity contribution in [1.82, 2.24) is 19.7 Å². The second-order valence-corrected chi connectivity index (χ2v) is 7.97. The topological polar surface area (TPSA) is 102 Å². The molecular formula is C24H22N6O2S. The van der Waals surface area contributed by atoms with Crippen molar-refractivity contribution in [2.75, 3.05) is 16.4 Å². The zero-order valence-corrected chi connectivity index (χ0v) is 18.7. The molecule has 0 spiro atoms. The summed E-state index contributed by atoms with van der Waals surface area (Å²) in [4.78, 5) is 28.9. The van der Waals surface area contributed by atoms with Crippen molar-refractivity contribution in [2.24, 2.45) is 0 Å². The first-order valence-corrected chi connectivity index (χ1v) is 11.4. The van der Waals surface area contributed by atoms with Crippen molar-refractivity contribution in [1.29, 1.82) is 0 Å². The summed E-state index contributed by atoms with van der Waals surface area (Å²) in [6, 6.07) is 19.8. The molecule has 2 aromatic carbocycles. The molecule has 0 aliphatic carbocycles. The number of carbonyl (C=O) groups excluding carboxylic acids is 2. The Balaban J connectivity index is 1.36. The lowest BCUT2D eigenvalue weighted by Crippen LogP contribution is -2.15. The second kappa shape index (κ2) is 10.6. The minimum absolute atomic E-state index is 0.176. The monoisotopic (exact) mass is 458 g/mol. The summed E-state index contributed by atoms with van der Waals surface area (Å²) in [7, 11) is 0. The third kappa shape index (κ3) is 5.64.